The van der Waals surface area contributed by atoms with Crippen molar-refractivity contribution in [3.63, 3.8) is 0 Å². The summed E-state index contributed by atoms with van der Waals surface area (Å²) in [6, 6.07) is 12.3. The quantitative estimate of drug-likeness (QED) is 0.292. The second-order valence-electron chi connectivity index (χ2n) is 8.61. The van der Waals surface area contributed by atoms with Gasteiger partial charge in [0.25, 0.3) is 10.0 Å². The van der Waals surface area contributed by atoms with Gasteiger partial charge in [-0.1, -0.05) is 35.9 Å². The molecule has 1 heterocycles. The van der Waals surface area contributed by atoms with E-state index in [-0.39, 0.29) is 28.6 Å². The first-order valence-corrected chi connectivity index (χ1v) is 12.9. The van der Waals surface area contributed by atoms with Crippen molar-refractivity contribution in [2.45, 2.75) is 37.1 Å². The molecule has 0 saturated carbocycles. The third-order valence-electron chi connectivity index (χ3n) is 5.90. The number of sulfonamides is 1. The number of aliphatic hydroxyl groups is 1. The average molecular weight is 556 g/mol. The predicted octanol–water partition coefficient (Wildman–Crippen LogP) is 6.40. The number of allylic oxidation sites excluding steroid dienone is 1. The van der Waals surface area contributed by atoms with Crippen molar-refractivity contribution in [3.8, 4) is 5.75 Å². The fourth-order valence-electron chi connectivity index (χ4n) is 4.02. The number of aliphatic hydroxyl groups excluding tert-OH is 1. The van der Waals surface area contributed by atoms with Gasteiger partial charge in [0.05, 0.1) is 33.8 Å². The summed E-state index contributed by atoms with van der Waals surface area (Å²) in [5, 5.41) is 10.3. The fraction of sp³-hybridized carbons (Fsp3) is 0.231. The molecule has 37 heavy (non-hydrogen) atoms. The van der Waals surface area contributed by atoms with Gasteiger partial charge in [-0.3, -0.25) is 4.31 Å². The molecule has 3 aromatic carbocycles. The SMILES string of the molecule is C/C(=C\c1ccc2c(c1)N(S(=O)(=O)c1cccc(C(F)(F)F)c1)C[C@H]([C@H](C)O)O2)c1c(F)cccc1Cl. The number of halogens is 5. The van der Waals surface area contributed by atoms with E-state index in [1.54, 1.807) is 19.1 Å². The second-order valence-corrected chi connectivity index (χ2v) is 10.9. The molecule has 0 fully saturated rings. The lowest BCUT2D eigenvalue weighted by Crippen LogP contribution is -2.47. The fourth-order valence-corrected chi connectivity index (χ4v) is 5.85. The first-order valence-electron chi connectivity index (χ1n) is 11.1. The van der Waals surface area contributed by atoms with Crippen molar-refractivity contribution < 1.29 is 35.8 Å². The first-order chi connectivity index (χ1) is 17.3. The van der Waals surface area contributed by atoms with Gasteiger partial charge >= 0.3 is 6.18 Å². The lowest BCUT2D eigenvalue weighted by molar-refractivity contribution is -0.137. The lowest BCUT2D eigenvalue weighted by Gasteiger charge is -2.36. The molecule has 0 amide bonds. The Morgan fingerprint density at radius 3 is 2.51 bits per heavy atom. The number of benzene rings is 3. The molecule has 0 radical (unpaired) electrons. The smallest absolute Gasteiger partial charge is 0.416 e. The summed E-state index contributed by atoms with van der Waals surface area (Å²) < 4.78 is 88.1. The monoisotopic (exact) mass is 555 g/mol. The van der Waals surface area contributed by atoms with E-state index in [0.717, 1.165) is 22.5 Å². The maximum atomic E-state index is 14.4. The minimum absolute atomic E-state index is 0.0653. The molecule has 11 heteroatoms. The molecule has 2 atom stereocenters. The first kappa shape index (κ1) is 27.0. The maximum Gasteiger partial charge on any atom is 0.416 e. The Kier molecular flexibility index (Phi) is 7.29. The molecule has 0 bridgehead atoms. The Morgan fingerprint density at radius 1 is 1.16 bits per heavy atom. The van der Waals surface area contributed by atoms with Crippen LogP contribution in [-0.4, -0.2) is 32.3 Å². The van der Waals surface area contributed by atoms with Gasteiger partial charge in [0.1, 0.15) is 17.7 Å². The molecule has 3 aromatic rings. The Balaban J connectivity index is 1.82. The standard InChI is InChI=1S/C26H22ClF4NO4S/c1-15(25-20(27)7-4-8-21(25)28)11-17-9-10-23-22(12-17)32(14-24(36-23)16(2)33)37(34,35)19-6-3-5-18(13-19)26(29,30)31/h3-13,16,24,33H,14H2,1-2H3/b15-11+/t16-,24+/m0/s1. The van der Waals surface area contributed by atoms with Crippen molar-refractivity contribution in [1.82, 2.24) is 0 Å². The maximum absolute atomic E-state index is 14.4. The van der Waals surface area contributed by atoms with Crippen LogP contribution < -0.4 is 9.04 Å². The molecule has 0 unspecified atom stereocenters. The summed E-state index contributed by atoms with van der Waals surface area (Å²) in [4.78, 5) is -0.560. The number of hydrogen-bond donors (Lipinski definition) is 1. The van der Waals surface area contributed by atoms with E-state index in [1.807, 2.05) is 0 Å². The Morgan fingerprint density at radius 2 is 1.86 bits per heavy atom. The Bertz CT molecular complexity index is 1450. The molecule has 0 aromatic heterocycles. The lowest BCUT2D eigenvalue weighted by atomic mass is 10.0. The van der Waals surface area contributed by atoms with Gasteiger partial charge < -0.3 is 9.84 Å². The third kappa shape index (κ3) is 5.46. The van der Waals surface area contributed by atoms with Crippen LogP contribution in [0, 0.1) is 5.82 Å². The van der Waals surface area contributed by atoms with Crippen LogP contribution in [0.25, 0.3) is 11.6 Å². The summed E-state index contributed by atoms with van der Waals surface area (Å²) in [5.41, 5.74) is 0.0762. The predicted molar refractivity (Wildman–Crippen MR) is 133 cm³/mol. The number of nitrogens with zero attached hydrogens (tertiary/aromatic N) is 1. The van der Waals surface area contributed by atoms with Crippen LogP contribution in [0.4, 0.5) is 23.2 Å². The minimum Gasteiger partial charge on any atom is -0.484 e. The summed E-state index contributed by atoms with van der Waals surface area (Å²) in [7, 11) is -4.50. The number of ether oxygens (including phenoxy) is 1. The van der Waals surface area contributed by atoms with Gasteiger partial charge in [-0.25, -0.2) is 12.8 Å². The van der Waals surface area contributed by atoms with Crippen LogP contribution in [0.5, 0.6) is 5.75 Å². The van der Waals surface area contributed by atoms with E-state index in [0.29, 0.717) is 17.2 Å². The summed E-state index contributed by atoms with van der Waals surface area (Å²) in [6.45, 7) is 2.72. The largest absolute Gasteiger partial charge is 0.484 e. The van der Waals surface area contributed by atoms with Crippen molar-refractivity contribution in [3.05, 3.63) is 88.2 Å². The van der Waals surface area contributed by atoms with Crippen LogP contribution in [-0.2, 0) is 16.2 Å². The van der Waals surface area contributed by atoms with Gasteiger partial charge in [-0.2, -0.15) is 13.2 Å². The number of hydrogen-bond acceptors (Lipinski definition) is 4. The number of alkyl halides is 3. The highest BCUT2D eigenvalue weighted by Gasteiger charge is 2.38. The van der Waals surface area contributed by atoms with E-state index in [2.05, 4.69) is 0 Å². The van der Waals surface area contributed by atoms with Gasteiger partial charge in [0.15, 0.2) is 0 Å². The van der Waals surface area contributed by atoms with Crippen LogP contribution >= 0.6 is 11.6 Å². The topological polar surface area (TPSA) is 66.8 Å². The highest BCUT2D eigenvalue weighted by molar-refractivity contribution is 7.92. The molecule has 0 aliphatic carbocycles. The molecule has 1 aliphatic rings. The van der Waals surface area contributed by atoms with Gasteiger partial charge in [0, 0.05) is 5.56 Å². The van der Waals surface area contributed by atoms with Crippen molar-refractivity contribution >= 4 is 39.0 Å². The molecule has 5 nitrogen and oxygen atoms in total. The van der Waals surface area contributed by atoms with E-state index >= 15 is 0 Å². The van der Waals surface area contributed by atoms with Crippen molar-refractivity contribution in [2.24, 2.45) is 0 Å². The molecule has 0 saturated heterocycles. The van der Waals surface area contributed by atoms with E-state index < -0.39 is 44.7 Å². The molecule has 1 aliphatic heterocycles. The van der Waals surface area contributed by atoms with Crippen LogP contribution in [0.15, 0.2) is 65.6 Å². The molecule has 196 valence electrons. The van der Waals surface area contributed by atoms with E-state index in [4.69, 9.17) is 16.3 Å². The zero-order chi connectivity index (χ0) is 27.1. The highest BCUT2D eigenvalue weighted by Crippen LogP contribution is 2.40. The third-order valence-corrected chi connectivity index (χ3v) is 7.99. The normalized spacial score (nSPS) is 17.2. The number of rotatable bonds is 5. The highest BCUT2D eigenvalue weighted by atomic mass is 35.5. The average Bonchev–Trinajstić information content (AvgIpc) is 2.82. The Hall–Kier alpha value is -3.08. The van der Waals surface area contributed by atoms with Crippen LogP contribution in [0.1, 0.15) is 30.5 Å². The second kappa shape index (κ2) is 10.00. The molecular weight excluding hydrogens is 534 g/mol. The number of fused-ring (bicyclic) bond motifs is 1. The van der Waals surface area contributed by atoms with Gasteiger partial charge in [-0.05, 0) is 67.4 Å². The van der Waals surface area contributed by atoms with Gasteiger partial charge in [0.2, 0.25) is 0 Å². The van der Waals surface area contributed by atoms with E-state index in [1.165, 1.54) is 37.3 Å². The summed E-state index contributed by atoms with van der Waals surface area (Å²) in [6.07, 6.45) is -5.17. The molecule has 1 N–H and O–H groups in total. The zero-order valence-electron chi connectivity index (χ0n) is 19.6. The number of anilines is 1. The molecule has 4 rings (SSSR count). The van der Waals surface area contributed by atoms with Crippen LogP contribution in [0.2, 0.25) is 5.02 Å². The Labute approximate surface area is 216 Å². The van der Waals surface area contributed by atoms with E-state index in [9.17, 15) is 31.1 Å². The minimum atomic E-state index is -4.74. The van der Waals surface area contributed by atoms with Gasteiger partial charge in [-0.15, -0.1) is 0 Å². The summed E-state index contributed by atoms with van der Waals surface area (Å²) in [5.74, 6) is -0.414. The molecular formula is C26H22ClF4NO4S. The van der Waals surface area contributed by atoms with Crippen LogP contribution in [0.3, 0.4) is 0 Å². The summed E-state index contributed by atoms with van der Waals surface area (Å²) >= 11 is 6.16. The van der Waals surface area contributed by atoms with Crippen molar-refractivity contribution in [2.75, 3.05) is 10.8 Å². The molecule has 0 spiro atoms. The van der Waals surface area contributed by atoms with Crippen molar-refractivity contribution in [1.29, 1.82) is 0 Å². The zero-order valence-corrected chi connectivity index (χ0v) is 21.2.